The van der Waals surface area contributed by atoms with Crippen LogP contribution in [0, 0.1) is 23.7 Å². The van der Waals surface area contributed by atoms with E-state index in [9.17, 15) is 24.9 Å². The zero-order valence-corrected chi connectivity index (χ0v) is 19.6. The Morgan fingerprint density at radius 1 is 0.968 bits per heavy atom. The van der Waals surface area contributed by atoms with Gasteiger partial charge in [-0.05, 0) is 44.9 Å². The van der Waals surface area contributed by atoms with Gasteiger partial charge in [0.1, 0.15) is 30.2 Å². The average Bonchev–Trinajstić information content (AvgIpc) is 2.73. The Morgan fingerprint density at radius 3 is 2.23 bits per heavy atom. The molecular formula is C23H40O8. The van der Waals surface area contributed by atoms with Crippen molar-refractivity contribution in [1.82, 2.24) is 0 Å². The van der Waals surface area contributed by atoms with E-state index in [1.807, 2.05) is 27.7 Å². The molecule has 180 valence electrons. The fourth-order valence-corrected chi connectivity index (χ4v) is 4.64. The number of aliphatic hydroxyl groups excluding tert-OH is 3. The van der Waals surface area contributed by atoms with Crippen molar-refractivity contribution in [2.24, 2.45) is 23.7 Å². The van der Waals surface area contributed by atoms with Crippen molar-refractivity contribution in [3.05, 3.63) is 0 Å². The fourth-order valence-electron chi connectivity index (χ4n) is 4.64. The molecule has 11 atom stereocenters. The Balaban J connectivity index is 2.28. The SMILES string of the molecule is CCC1OC(=O)[C@H](C)C(O[C@@H]2O[C@@H](C)[C@H](O)[C@@H](O)[C@H]2O)[C@@H](C)C[C@@H](C)C(=O)CC[C@H]1C. The number of carbonyl (C=O) groups is 2. The van der Waals surface area contributed by atoms with Gasteiger partial charge in [-0.2, -0.15) is 0 Å². The highest BCUT2D eigenvalue weighted by Crippen LogP contribution is 2.32. The number of cyclic esters (lactones) is 1. The molecule has 2 aliphatic rings. The molecule has 8 nitrogen and oxygen atoms in total. The molecule has 2 rings (SSSR count). The van der Waals surface area contributed by atoms with Crippen LogP contribution in [0.5, 0.6) is 0 Å². The van der Waals surface area contributed by atoms with Gasteiger partial charge in [0.05, 0.1) is 18.1 Å². The quantitative estimate of drug-likeness (QED) is 0.564. The normalized spacial score (nSPS) is 46.0. The number of esters is 1. The lowest BCUT2D eigenvalue weighted by Gasteiger charge is -2.42. The number of ketones is 1. The van der Waals surface area contributed by atoms with Gasteiger partial charge in [-0.3, -0.25) is 9.59 Å². The van der Waals surface area contributed by atoms with Crippen molar-refractivity contribution in [3.63, 3.8) is 0 Å². The molecular weight excluding hydrogens is 404 g/mol. The molecule has 0 aromatic rings. The van der Waals surface area contributed by atoms with Gasteiger partial charge in [0.15, 0.2) is 6.29 Å². The van der Waals surface area contributed by atoms with Gasteiger partial charge in [0, 0.05) is 12.3 Å². The molecule has 0 saturated carbocycles. The van der Waals surface area contributed by atoms with E-state index in [-0.39, 0.29) is 29.6 Å². The molecule has 0 amide bonds. The lowest BCUT2D eigenvalue weighted by Crippen LogP contribution is -2.58. The van der Waals surface area contributed by atoms with Crippen molar-refractivity contribution in [1.29, 1.82) is 0 Å². The first-order valence-corrected chi connectivity index (χ1v) is 11.6. The van der Waals surface area contributed by atoms with Crippen LogP contribution in [0.4, 0.5) is 0 Å². The van der Waals surface area contributed by atoms with E-state index in [2.05, 4.69) is 0 Å². The number of aliphatic hydroxyl groups is 3. The predicted molar refractivity (Wildman–Crippen MR) is 113 cm³/mol. The van der Waals surface area contributed by atoms with Gasteiger partial charge in [-0.1, -0.05) is 27.7 Å². The number of hydrogen-bond donors (Lipinski definition) is 3. The van der Waals surface area contributed by atoms with Crippen LogP contribution in [0.2, 0.25) is 0 Å². The van der Waals surface area contributed by atoms with Gasteiger partial charge in [-0.15, -0.1) is 0 Å². The van der Waals surface area contributed by atoms with Crippen LogP contribution in [0.15, 0.2) is 0 Å². The van der Waals surface area contributed by atoms with E-state index >= 15 is 0 Å². The molecule has 2 saturated heterocycles. The van der Waals surface area contributed by atoms with Gasteiger partial charge < -0.3 is 29.5 Å². The second kappa shape index (κ2) is 11.2. The van der Waals surface area contributed by atoms with Gasteiger partial charge in [0.2, 0.25) is 0 Å². The molecule has 0 aromatic carbocycles. The molecule has 2 aliphatic heterocycles. The van der Waals surface area contributed by atoms with Crippen LogP contribution in [-0.2, 0) is 23.8 Å². The fraction of sp³-hybridized carbons (Fsp3) is 0.913. The first-order chi connectivity index (χ1) is 14.5. The molecule has 31 heavy (non-hydrogen) atoms. The van der Waals surface area contributed by atoms with Crippen LogP contribution in [0.25, 0.3) is 0 Å². The van der Waals surface area contributed by atoms with Crippen LogP contribution < -0.4 is 0 Å². The Labute approximate surface area is 185 Å². The minimum Gasteiger partial charge on any atom is -0.462 e. The highest BCUT2D eigenvalue weighted by Gasteiger charge is 2.45. The third-order valence-electron chi connectivity index (χ3n) is 6.95. The van der Waals surface area contributed by atoms with E-state index < -0.39 is 48.7 Å². The third kappa shape index (κ3) is 6.26. The summed E-state index contributed by atoms with van der Waals surface area (Å²) >= 11 is 0. The van der Waals surface area contributed by atoms with E-state index in [4.69, 9.17) is 14.2 Å². The lowest BCUT2D eigenvalue weighted by atomic mass is 9.83. The molecule has 2 unspecified atom stereocenters. The monoisotopic (exact) mass is 444 g/mol. The molecule has 2 heterocycles. The second-order valence-electron chi connectivity index (χ2n) is 9.55. The van der Waals surface area contributed by atoms with Gasteiger partial charge in [0.25, 0.3) is 0 Å². The highest BCUT2D eigenvalue weighted by molar-refractivity contribution is 5.80. The average molecular weight is 445 g/mol. The van der Waals surface area contributed by atoms with Gasteiger partial charge >= 0.3 is 5.97 Å². The molecule has 0 spiro atoms. The molecule has 8 heteroatoms. The van der Waals surface area contributed by atoms with E-state index in [0.29, 0.717) is 25.7 Å². The number of Topliss-reactive ketones (excluding diaryl/α,β-unsaturated/α-hetero) is 1. The first-order valence-electron chi connectivity index (χ1n) is 11.6. The summed E-state index contributed by atoms with van der Waals surface area (Å²) in [5.41, 5.74) is 0. The van der Waals surface area contributed by atoms with Crippen LogP contribution in [0.3, 0.4) is 0 Å². The molecule has 0 aliphatic carbocycles. The second-order valence-corrected chi connectivity index (χ2v) is 9.55. The molecule has 3 N–H and O–H groups in total. The lowest BCUT2D eigenvalue weighted by molar-refractivity contribution is -0.311. The number of carbonyl (C=O) groups excluding carboxylic acids is 2. The Morgan fingerprint density at radius 2 is 1.61 bits per heavy atom. The Kier molecular flexibility index (Phi) is 9.45. The summed E-state index contributed by atoms with van der Waals surface area (Å²) in [4.78, 5) is 25.6. The topological polar surface area (TPSA) is 123 Å². The van der Waals surface area contributed by atoms with Crippen molar-refractivity contribution in [2.75, 3.05) is 0 Å². The molecule has 0 bridgehead atoms. The summed E-state index contributed by atoms with van der Waals surface area (Å²) < 4.78 is 17.4. The standard InChI is InChI=1S/C23H40O8/c1-7-17-11(2)8-9-16(24)12(3)10-13(4)21(14(5)22(28)30-17)31-23-20(27)19(26)18(25)15(6)29-23/h11-15,17-21,23,25-27H,7-10H2,1-6H3/t11-,12-,13+,14-,15+,17?,18+,19-,20-,21?,23+/m1/s1. The third-order valence-corrected chi connectivity index (χ3v) is 6.95. The van der Waals surface area contributed by atoms with Crippen molar-refractivity contribution in [2.45, 2.75) is 110 Å². The predicted octanol–water partition coefficient (Wildman–Crippen LogP) is 1.82. The summed E-state index contributed by atoms with van der Waals surface area (Å²) in [5, 5.41) is 30.4. The minimum absolute atomic E-state index is 0.0644. The summed E-state index contributed by atoms with van der Waals surface area (Å²) in [6.45, 7) is 11.0. The van der Waals surface area contributed by atoms with Crippen molar-refractivity contribution < 1.29 is 39.1 Å². The van der Waals surface area contributed by atoms with Crippen LogP contribution >= 0.6 is 0 Å². The largest absolute Gasteiger partial charge is 0.462 e. The maximum absolute atomic E-state index is 13.0. The zero-order valence-electron chi connectivity index (χ0n) is 19.6. The molecule has 0 aromatic heterocycles. The maximum Gasteiger partial charge on any atom is 0.311 e. The summed E-state index contributed by atoms with van der Waals surface area (Å²) in [7, 11) is 0. The highest BCUT2D eigenvalue weighted by atomic mass is 16.7. The summed E-state index contributed by atoms with van der Waals surface area (Å²) in [6.07, 6.45) is -4.81. The van der Waals surface area contributed by atoms with Crippen LogP contribution in [0.1, 0.15) is 67.2 Å². The number of hydrogen-bond acceptors (Lipinski definition) is 8. The molecule has 0 radical (unpaired) electrons. The smallest absolute Gasteiger partial charge is 0.311 e. The van der Waals surface area contributed by atoms with Crippen molar-refractivity contribution in [3.8, 4) is 0 Å². The van der Waals surface area contributed by atoms with Gasteiger partial charge in [-0.25, -0.2) is 0 Å². The van der Waals surface area contributed by atoms with E-state index in [1.54, 1.807) is 13.8 Å². The minimum atomic E-state index is -1.47. The first kappa shape index (κ1) is 26.2. The number of ether oxygens (including phenoxy) is 3. The molecule has 2 fully saturated rings. The van der Waals surface area contributed by atoms with E-state index in [0.717, 1.165) is 0 Å². The summed E-state index contributed by atoms with van der Waals surface area (Å²) in [6, 6.07) is 0. The van der Waals surface area contributed by atoms with Crippen molar-refractivity contribution >= 4 is 11.8 Å². The van der Waals surface area contributed by atoms with Crippen LogP contribution in [-0.4, -0.2) is 70.0 Å². The zero-order chi connectivity index (χ0) is 23.5. The Hall–Kier alpha value is -1.06. The summed E-state index contributed by atoms with van der Waals surface area (Å²) in [5.74, 6) is -1.24. The maximum atomic E-state index is 13.0. The van der Waals surface area contributed by atoms with E-state index in [1.165, 1.54) is 0 Å². The number of rotatable bonds is 3. The Bertz CT molecular complexity index is 610.